The largest absolute Gasteiger partial charge is 0.444 e. The molecule has 0 aliphatic heterocycles. The van der Waals surface area contributed by atoms with E-state index in [2.05, 4.69) is 26.2 Å². The summed E-state index contributed by atoms with van der Waals surface area (Å²) in [4.78, 5) is 16.3. The smallest absolute Gasteiger partial charge is 0.291 e. The molecule has 0 radical (unpaired) electrons. The molecule has 0 unspecified atom stereocenters. The van der Waals surface area contributed by atoms with Crippen LogP contribution in [0.5, 0.6) is 0 Å². The van der Waals surface area contributed by atoms with Gasteiger partial charge in [0.15, 0.2) is 10.4 Å². The highest BCUT2D eigenvalue weighted by Gasteiger charge is 2.13. The number of aromatic nitrogens is 1. The van der Waals surface area contributed by atoms with Crippen molar-refractivity contribution in [3.8, 4) is 0 Å². The van der Waals surface area contributed by atoms with Crippen molar-refractivity contribution < 1.29 is 9.21 Å². The monoisotopic (exact) mass is 350 g/mol. The summed E-state index contributed by atoms with van der Waals surface area (Å²) in [7, 11) is 0. The van der Waals surface area contributed by atoms with Gasteiger partial charge < -0.3 is 9.73 Å². The van der Waals surface area contributed by atoms with E-state index >= 15 is 0 Å². The lowest BCUT2D eigenvalue weighted by Gasteiger charge is -2.07. The highest BCUT2D eigenvalue weighted by atomic mass is 79.9. The molecule has 0 saturated carbocycles. The highest BCUT2D eigenvalue weighted by Crippen LogP contribution is 2.28. The zero-order chi connectivity index (χ0) is 14.1. The Morgan fingerprint density at radius 3 is 2.85 bits per heavy atom. The first-order chi connectivity index (χ1) is 9.65. The van der Waals surface area contributed by atoms with Crippen LogP contribution in [0.2, 0.25) is 5.02 Å². The van der Waals surface area contributed by atoms with E-state index < -0.39 is 0 Å². The summed E-state index contributed by atoms with van der Waals surface area (Å²) in [5.41, 5.74) is 1.22. The maximum absolute atomic E-state index is 12.1. The van der Waals surface area contributed by atoms with Gasteiger partial charge in [-0.2, -0.15) is 0 Å². The number of hydrogen-bond acceptors (Lipinski definition) is 3. The van der Waals surface area contributed by atoms with E-state index in [1.54, 1.807) is 36.5 Å². The van der Waals surface area contributed by atoms with Crippen molar-refractivity contribution >= 4 is 50.0 Å². The Bertz CT molecular complexity index is 801. The molecule has 0 bridgehead atoms. The molecule has 1 amide bonds. The minimum Gasteiger partial charge on any atom is -0.444 e. The molecule has 0 spiro atoms. The van der Waals surface area contributed by atoms with Crippen molar-refractivity contribution in [2.24, 2.45) is 0 Å². The summed E-state index contributed by atoms with van der Waals surface area (Å²) in [6.07, 6.45) is 1.65. The molecule has 0 aliphatic rings. The lowest BCUT2D eigenvalue weighted by Crippen LogP contribution is -2.11. The zero-order valence-corrected chi connectivity index (χ0v) is 12.4. The maximum atomic E-state index is 12.1. The summed E-state index contributed by atoms with van der Waals surface area (Å²) < 4.78 is 5.71. The predicted octanol–water partition coefficient (Wildman–Crippen LogP) is 4.50. The number of halogens is 2. The molecule has 0 fully saturated rings. The number of carbonyl (C=O) groups is 1. The average Bonchev–Trinajstić information content (AvgIpc) is 2.89. The third kappa shape index (κ3) is 2.42. The third-order valence-corrected chi connectivity index (χ3v) is 3.52. The van der Waals surface area contributed by atoms with Gasteiger partial charge in [0.1, 0.15) is 0 Å². The van der Waals surface area contributed by atoms with Gasteiger partial charge in [-0.1, -0.05) is 11.6 Å². The number of furan rings is 1. The topological polar surface area (TPSA) is 55.1 Å². The molecule has 20 heavy (non-hydrogen) atoms. The molecule has 2 heterocycles. The van der Waals surface area contributed by atoms with Crippen LogP contribution in [0.25, 0.3) is 10.9 Å². The van der Waals surface area contributed by atoms with E-state index in [9.17, 15) is 4.79 Å². The van der Waals surface area contributed by atoms with Crippen LogP contribution >= 0.6 is 27.5 Å². The fourth-order valence-electron chi connectivity index (χ4n) is 1.86. The molecule has 100 valence electrons. The number of rotatable bonds is 2. The summed E-state index contributed by atoms with van der Waals surface area (Å²) in [6, 6.07) is 10.3. The minimum absolute atomic E-state index is 0.218. The summed E-state index contributed by atoms with van der Waals surface area (Å²) >= 11 is 9.27. The Morgan fingerprint density at radius 1 is 1.25 bits per heavy atom. The van der Waals surface area contributed by atoms with Crippen LogP contribution in [0.3, 0.4) is 0 Å². The number of pyridine rings is 1. The number of benzene rings is 1. The van der Waals surface area contributed by atoms with Gasteiger partial charge in [-0.3, -0.25) is 9.78 Å². The van der Waals surface area contributed by atoms with Gasteiger partial charge in [0.2, 0.25) is 0 Å². The van der Waals surface area contributed by atoms with Crippen LogP contribution in [0.4, 0.5) is 5.69 Å². The molecular formula is C14H8BrClN2O2. The number of amides is 1. The first-order valence-electron chi connectivity index (χ1n) is 5.75. The van der Waals surface area contributed by atoms with Crippen molar-refractivity contribution in [1.29, 1.82) is 0 Å². The Kier molecular flexibility index (Phi) is 3.46. The van der Waals surface area contributed by atoms with Gasteiger partial charge in [0.25, 0.3) is 5.91 Å². The number of fused-ring (bicyclic) bond motifs is 1. The van der Waals surface area contributed by atoms with Crippen molar-refractivity contribution in [2.75, 3.05) is 5.32 Å². The number of nitrogens with one attached hydrogen (secondary N) is 1. The van der Waals surface area contributed by atoms with Crippen LogP contribution in [-0.4, -0.2) is 10.9 Å². The molecule has 2 aromatic heterocycles. The molecule has 4 nitrogen and oxygen atoms in total. The molecule has 1 aromatic carbocycles. The van der Waals surface area contributed by atoms with Gasteiger partial charge in [0.05, 0.1) is 16.2 Å². The van der Waals surface area contributed by atoms with Crippen LogP contribution in [0.1, 0.15) is 10.6 Å². The molecular weight excluding hydrogens is 344 g/mol. The fraction of sp³-hybridized carbons (Fsp3) is 0. The van der Waals surface area contributed by atoms with Crippen molar-refractivity contribution in [2.45, 2.75) is 0 Å². The van der Waals surface area contributed by atoms with Gasteiger partial charge in [-0.15, -0.1) is 0 Å². The van der Waals surface area contributed by atoms with Crippen molar-refractivity contribution in [3.63, 3.8) is 0 Å². The van der Waals surface area contributed by atoms with Gasteiger partial charge in [0, 0.05) is 11.6 Å². The molecule has 0 atom stereocenters. The number of hydrogen-bond donors (Lipinski definition) is 1. The Labute approximate surface area is 127 Å². The van der Waals surface area contributed by atoms with Crippen LogP contribution in [0.15, 0.2) is 51.7 Å². The summed E-state index contributed by atoms with van der Waals surface area (Å²) in [6.45, 7) is 0. The Hall–Kier alpha value is -1.85. The van der Waals surface area contributed by atoms with E-state index in [1.165, 1.54) is 0 Å². The number of carbonyl (C=O) groups excluding carboxylic acids is 1. The molecule has 0 aliphatic carbocycles. The maximum Gasteiger partial charge on any atom is 0.291 e. The number of nitrogens with zero attached hydrogens (tertiary/aromatic N) is 1. The minimum atomic E-state index is -0.343. The van der Waals surface area contributed by atoms with E-state index in [1.807, 2.05) is 6.07 Å². The second kappa shape index (κ2) is 5.26. The second-order valence-electron chi connectivity index (χ2n) is 4.05. The summed E-state index contributed by atoms with van der Waals surface area (Å²) in [5, 5.41) is 4.14. The Balaban J connectivity index is 1.99. The first-order valence-corrected chi connectivity index (χ1v) is 6.92. The average molecular weight is 352 g/mol. The summed E-state index contributed by atoms with van der Waals surface area (Å²) in [5.74, 6) is -0.124. The number of anilines is 1. The normalized spacial score (nSPS) is 10.7. The quantitative estimate of drug-likeness (QED) is 0.740. The zero-order valence-electron chi connectivity index (χ0n) is 10.1. The van der Waals surface area contributed by atoms with Crippen molar-refractivity contribution in [1.82, 2.24) is 4.98 Å². The molecule has 6 heteroatoms. The Morgan fingerprint density at radius 2 is 2.10 bits per heavy atom. The SMILES string of the molecule is O=C(Nc1ccc(Cl)c2cccnc12)c1ccc(Br)o1. The van der Waals surface area contributed by atoms with E-state index in [0.29, 0.717) is 20.9 Å². The molecule has 3 aromatic rings. The van der Waals surface area contributed by atoms with Crippen molar-refractivity contribution in [3.05, 3.63) is 58.0 Å². The predicted molar refractivity (Wildman–Crippen MR) is 81.1 cm³/mol. The van der Waals surface area contributed by atoms with Gasteiger partial charge >= 0.3 is 0 Å². The molecule has 3 rings (SSSR count). The molecule has 0 saturated heterocycles. The van der Waals surface area contributed by atoms with Gasteiger partial charge in [-0.25, -0.2) is 0 Å². The van der Waals surface area contributed by atoms with Crippen LogP contribution < -0.4 is 5.32 Å². The third-order valence-electron chi connectivity index (χ3n) is 2.76. The highest BCUT2D eigenvalue weighted by molar-refractivity contribution is 9.10. The standard InChI is InChI=1S/C14H8BrClN2O2/c15-12-6-5-11(20-12)14(19)18-10-4-3-9(16)8-2-1-7-17-13(8)10/h1-7H,(H,18,19). The first kappa shape index (κ1) is 13.1. The van der Waals surface area contributed by atoms with Crippen LogP contribution in [-0.2, 0) is 0 Å². The van der Waals surface area contributed by atoms with Crippen LogP contribution in [0, 0.1) is 0 Å². The molecule has 1 N–H and O–H groups in total. The van der Waals surface area contributed by atoms with Gasteiger partial charge in [-0.05, 0) is 52.3 Å². The van der Waals surface area contributed by atoms with E-state index in [-0.39, 0.29) is 11.7 Å². The lowest BCUT2D eigenvalue weighted by atomic mass is 10.2. The lowest BCUT2D eigenvalue weighted by molar-refractivity contribution is 0.0995. The second-order valence-corrected chi connectivity index (χ2v) is 5.24. The van der Waals surface area contributed by atoms with E-state index in [4.69, 9.17) is 16.0 Å². The fourth-order valence-corrected chi connectivity index (χ4v) is 2.38. The van der Waals surface area contributed by atoms with E-state index in [0.717, 1.165) is 5.39 Å².